The van der Waals surface area contributed by atoms with Gasteiger partial charge in [0.25, 0.3) is 5.91 Å². The number of rotatable bonds is 2. The standard InChI is InChI=1S/C9H10F2N2O/c1-9(10,11)8(14)13-7-4-2-6(12)3-5-7/h2-5H,12H2,1H3,(H,13,14). The number of halogens is 2. The lowest BCUT2D eigenvalue weighted by Crippen LogP contribution is -2.31. The zero-order valence-corrected chi connectivity index (χ0v) is 7.55. The minimum Gasteiger partial charge on any atom is -0.399 e. The van der Waals surface area contributed by atoms with Gasteiger partial charge in [-0.15, -0.1) is 0 Å². The van der Waals surface area contributed by atoms with Crippen LogP contribution in [0.2, 0.25) is 0 Å². The maximum absolute atomic E-state index is 12.4. The molecule has 3 N–H and O–H groups in total. The Hall–Kier alpha value is -1.65. The third kappa shape index (κ3) is 2.69. The van der Waals surface area contributed by atoms with Gasteiger partial charge in [-0.1, -0.05) is 0 Å². The van der Waals surface area contributed by atoms with Crippen molar-refractivity contribution in [3.05, 3.63) is 24.3 Å². The van der Waals surface area contributed by atoms with Crippen LogP contribution in [-0.4, -0.2) is 11.8 Å². The molecule has 0 saturated carbocycles. The molecule has 1 aromatic carbocycles. The molecule has 0 unspecified atom stereocenters. The molecule has 5 heteroatoms. The van der Waals surface area contributed by atoms with Gasteiger partial charge in [-0.3, -0.25) is 4.79 Å². The average molecular weight is 200 g/mol. The van der Waals surface area contributed by atoms with Crippen LogP contribution in [0.5, 0.6) is 0 Å². The number of benzene rings is 1. The molecule has 1 rings (SSSR count). The maximum atomic E-state index is 12.4. The summed E-state index contributed by atoms with van der Waals surface area (Å²) < 4.78 is 24.9. The quantitative estimate of drug-likeness (QED) is 0.716. The number of nitrogens with one attached hydrogen (secondary N) is 1. The topological polar surface area (TPSA) is 55.1 Å². The Bertz CT molecular complexity index is 330. The summed E-state index contributed by atoms with van der Waals surface area (Å²) in [4.78, 5) is 10.8. The van der Waals surface area contributed by atoms with Gasteiger partial charge < -0.3 is 11.1 Å². The highest BCUT2D eigenvalue weighted by Crippen LogP contribution is 2.16. The predicted molar refractivity (Wildman–Crippen MR) is 50.1 cm³/mol. The van der Waals surface area contributed by atoms with E-state index in [4.69, 9.17) is 5.73 Å². The molecule has 3 nitrogen and oxygen atoms in total. The molecule has 0 saturated heterocycles. The van der Waals surface area contributed by atoms with Gasteiger partial charge in [-0.25, -0.2) is 0 Å². The first kappa shape index (κ1) is 10.4. The van der Waals surface area contributed by atoms with Crippen LogP contribution in [0.1, 0.15) is 6.92 Å². The Morgan fingerprint density at radius 1 is 1.36 bits per heavy atom. The van der Waals surface area contributed by atoms with Crippen LogP contribution in [0.4, 0.5) is 20.2 Å². The van der Waals surface area contributed by atoms with Crippen molar-refractivity contribution >= 4 is 17.3 Å². The van der Waals surface area contributed by atoms with Gasteiger partial charge in [-0.05, 0) is 24.3 Å². The van der Waals surface area contributed by atoms with E-state index < -0.39 is 11.8 Å². The summed E-state index contributed by atoms with van der Waals surface area (Å²) in [6.45, 7) is 0.541. The SMILES string of the molecule is CC(F)(F)C(=O)Nc1ccc(N)cc1. The summed E-state index contributed by atoms with van der Waals surface area (Å²) in [5.41, 5.74) is 6.19. The molecular formula is C9H10F2N2O. The number of nitrogen functional groups attached to an aromatic ring is 1. The van der Waals surface area contributed by atoms with Crippen LogP contribution >= 0.6 is 0 Å². The van der Waals surface area contributed by atoms with Crippen molar-refractivity contribution < 1.29 is 13.6 Å². The molecule has 0 bridgehead atoms. The number of anilines is 2. The van der Waals surface area contributed by atoms with E-state index in [-0.39, 0.29) is 0 Å². The highest BCUT2D eigenvalue weighted by molar-refractivity contribution is 5.95. The van der Waals surface area contributed by atoms with Crippen molar-refractivity contribution in [2.24, 2.45) is 0 Å². The molecular weight excluding hydrogens is 190 g/mol. The number of carbonyl (C=O) groups excluding carboxylic acids is 1. The lowest BCUT2D eigenvalue weighted by Gasteiger charge is -2.10. The van der Waals surface area contributed by atoms with E-state index in [1.54, 1.807) is 0 Å². The van der Waals surface area contributed by atoms with E-state index in [0.29, 0.717) is 18.3 Å². The average Bonchev–Trinajstić information content (AvgIpc) is 2.07. The van der Waals surface area contributed by atoms with E-state index in [0.717, 1.165) is 0 Å². The fraction of sp³-hybridized carbons (Fsp3) is 0.222. The van der Waals surface area contributed by atoms with Crippen LogP contribution in [0.15, 0.2) is 24.3 Å². The highest BCUT2D eigenvalue weighted by atomic mass is 19.3. The highest BCUT2D eigenvalue weighted by Gasteiger charge is 2.31. The molecule has 76 valence electrons. The summed E-state index contributed by atoms with van der Waals surface area (Å²) in [5, 5.41) is 2.06. The predicted octanol–water partition coefficient (Wildman–Crippen LogP) is 1.86. The van der Waals surface area contributed by atoms with E-state index in [2.05, 4.69) is 5.32 Å². The molecule has 0 heterocycles. The monoisotopic (exact) mass is 200 g/mol. The molecule has 0 aliphatic rings. The van der Waals surface area contributed by atoms with Gasteiger partial charge in [0.2, 0.25) is 0 Å². The number of alkyl halides is 2. The molecule has 0 atom stereocenters. The first-order chi connectivity index (χ1) is 6.39. The Morgan fingerprint density at radius 3 is 2.29 bits per heavy atom. The van der Waals surface area contributed by atoms with Crippen molar-refractivity contribution in [2.45, 2.75) is 12.8 Å². The molecule has 0 spiro atoms. The van der Waals surface area contributed by atoms with Crippen LogP contribution in [-0.2, 0) is 4.79 Å². The number of amides is 1. The first-order valence-corrected chi connectivity index (χ1v) is 3.94. The zero-order valence-electron chi connectivity index (χ0n) is 7.55. The van der Waals surface area contributed by atoms with Gasteiger partial charge in [0.15, 0.2) is 0 Å². The summed E-state index contributed by atoms with van der Waals surface area (Å²) >= 11 is 0. The lowest BCUT2D eigenvalue weighted by atomic mass is 10.2. The van der Waals surface area contributed by atoms with Crippen molar-refractivity contribution in [3.8, 4) is 0 Å². The second kappa shape index (κ2) is 3.61. The van der Waals surface area contributed by atoms with Crippen molar-refractivity contribution in [1.29, 1.82) is 0 Å². The second-order valence-corrected chi connectivity index (χ2v) is 2.96. The molecule has 0 radical (unpaired) electrons. The first-order valence-electron chi connectivity index (χ1n) is 3.94. The van der Waals surface area contributed by atoms with Gasteiger partial charge in [-0.2, -0.15) is 8.78 Å². The van der Waals surface area contributed by atoms with Crippen LogP contribution < -0.4 is 11.1 Å². The third-order valence-corrected chi connectivity index (χ3v) is 1.57. The number of carbonyl (C=O) groups is 1. The van der Waals surface area contributed by atoms with Gasteiger partial charge in [0.1, 0.15) is 0 Å². The van der Waals surface area contributed by atoms with Gasteiger partial charge >= 0.3 is 5.92 Å². The number of hydrogen-bond acceptors (Lipinski definition) is 2. The van der Waals surface area contributed by atoms with Gasteiger partial charge in [0, 0.05) is 18.3 Å². The van der Waals surface area contributed by atoms with Gasteiger partial charge in [0.05, 0.1) is 0 Å². The smallest absolute Gasteiger partial charge is 0.322 e. The number of nitrogens with two attached hydrogens (primary N) is 1. The molecule has 0 aliphatic heterocycles. The minimum atomic E-state index is -3.37. The van der Waals surface area contributed by atoms with Crippen LogP contribution in [0, 0.1) is 0 Å². The molecule has 0 fully saturated rings. The fourth-order valence-electron chi connectivity index (χ4n) is 0.807. The summed E-state index contributed by atoms with van der Waals surface area (Å²) in [6.07, 6.45) is 0. The molecule has 0 aromatic heterocycles. The Labute approximate surface area is 79.9 Å². The van der Waals surface area contributed by atoms with Crippen molar-refractivity contribution in [3.63, 3.8) is 0 Å². The van der Waals surface area contributed by atoms with E-state index in [1.807, 2.05) is 0 Å². The van der Waals surface area contributed by atoms with Crippen LogP contribution in [0.3, 0.4) is 0 Å². The van der Waals surface area contributed by atoms with Crippen LogP contribution in [0.25, 0.3) is 0 Å². The zero-order chi connectivity index (χ0) is 10.8. The Morgan fingerprint density at radius 2 is 1.86 bits per heavy atom. The third-order valence-electron chi connectivity index (χ3n) is 1.57. The Kier molecular flexibility index (Phi) is 2.69. The Balaban J connectivity index is 2.71. The summed E-state index contributed by atoms with van der Waals surface area (Å²) in [6, 6.07) is 5.95. The van der Waals surface area contributed by atoms with E-state index in [9.17, 15) is 13.6 Å². The molecule has 14 heavy (non-hydrogen) atoms. The molecule has 1 aromatic rings. The largest absolute Gasteiger partial charge is 0.399 e. The molecule has 0 aliphatic carbocycles. The maximum Gasteiger partial charge on any atom is 0.322 e. The van der Waals surface area contributed by atoms with E-state index >= 15 is 0 Å². The van der Waals surface area contributed by atoms with Crippen molar-refractivity contribution in [2.75, 3.05) is 11.1 Å². The second-order valence-electron chi connectivity index (χ2n) is 2.96. The lowest BCUT2D eigenvalue weighted by molar-refractivity contribution is -0.137. The molecule has 1 amide bonds. The van der Waals surface area contributed by atoms with E-state index in [1.165, 1.54) is 24.3 Å². The van der Waals surface area contributed by atoms with Crippen molar-refractivity contribution in [1.82, 2.24) is 0 Å². The summed E-state index contributed by atoms with van der Waals surface area (Å²) in [5.74, 6) is -4.70. The normalized spacial score (nSPS) is 11.1. The fourth-order valence-corrected chi connectivity index (χ4v) is 0.807. The summed E-state index contributed by atoms with van der Waals surface area (Å²) in [7, 11) is 0. The minimum absolute atomic E-state index is 0.297. The number of hydrogen-bond donors (Lipinski definition) is 2.